The van der Waals surface area contributed by atoms with Crippen LogP contribution in [-0.4, -0.2) is 57.3 Å². The lowest BCUT2D eigenvalue weighted by atomic mass is 10.2. The summed E-state index contributed by atoms with van der Waals surface area (Å²) in [4.78, 5) is 12.6. The van der Waals surface area contributed by atoms with E-state index in [1.54, 1.807) is 19.2 Å². The highest BCUT2D eigenvalue weighted by Crippen LogP contribution is 2.28. The number of nitrogens with one attached hydrogen (secondary N) is 1. The fourth-order valence-electron chi connectivity index (χ4n) is 1.68. The number of ether oxygens (including phenoxy) is 2. The molecule has 0 aromatic heterocycles. The van der Waals surface area contributed by atoms with E-state index in [9.17, 15) is 10.1 Å². The first-order valence-corrected chi connectivity index (χ1v) is 6.32. The summed E-state index contributed by atoms with van der Waals surface area (Å²) in [5.74, 6) is 0.589. The predicted molar refractivity (Wildman–Crippen MR) is 77.5 cm³/mol. The second-order valence-electron chi connectivity index (χ2n) is 4.36. The van der Waals surface area contributed by atoms with Gasteiger partial charge in [-0.3, -0.25) is 10.1 Å². The molecule has 1 N–H and O–H groups in total. The van der Waals surface area contributed by atoms with E-state index in [0.717, 1.165) is 13.1 Å². The minimum absolute atomic E-state index is 0.0466. The summed E-state index contributed by atoms with van der Waals surface area (Å²) < 4.78 is 10.1. The molecule has 0 aliphatic rings. The zero-order chi connectivity index (χ0) is 15.0. The highest BCUT2D eigenvalue weighted by Gasteiger charge is 2.14. The Morgan fingerprint density at radius 2 is 2.10 bits per heavy atom. The third kappa shape index (κ3) is 5.02. The molecule has 0 spiro atoms. The Kier molecular flexibility index (Phi) is 6.75. The van der Waals surface area contributed by atoms with Crippen LogP contribution in [0.1, 0.15) is 0 Å². The smallest absolute Gasteiger partial charge is 0.292 e. The number of methoxy groups -OCH3 is 2. The largest absolute Gasteiger partial charge is 0.497 e. The van der Waals surface area contributed by atoms with E-state index in [4.69, 9.17) is 9.47 Å². The Morgan fingerprint density at radius 1 is 1.35 bits per heavy atom. The van der Waals surface area contributed by atoms with Crippen LogP contribution in [0, 0.1) is 10.1 Å². The van der Waals surface area contributed by atoms with E-state index in [1.807, 2.05) is 7.05 Å². The normalized spacial score (nSPS) is 10.6. The Hall–Kier alpha value is -1.86. The zero-order valence-electron chi connectivity index (χ0n) is 12.1. The maximum absolute atomic E-state index is 11.0. The predicted octanol–water partition coefficient (Wildman–Crippen LogP) is 1.59. The van der Waals surface area contributed by atoms with Gasteiger partial charge in [-0.15, -0.1) is 0 Å². The monoisotopic (exact) mass is 283 g/mol. The number of rotatable bonds is 9. The van der Waals surface area contributed by atoms with E-state index in [0.29, 0.717) is 24.6 Å². The lowest BCUT2D eigenvalue weighted by Crippen LogP contribution is -2.28. The number of nitrogens with zero attached hydrogens (tertiary/aromatic N) is 2. The Balaban J connectivity index is 2.59. The molecule has 1 aromatic rings. The summed E-state index contributed by atoms with van der Waals surface area (Å²) in [5.41, 5.74) is 0.514. The first-order chi connectivity index (χ1) is 9.58. The summed E-state index contributed by atoms with van der Waals surface area (Å²) >= 11 is 0. The van der Waals surface area contributed by atoms with Crippen molar-refractivity contribution in [1.82, 2.24) is 4.90 Å². The van der Waals surface area contributed by atoms with Gasteiger partial charge < -0.3 is 19.7 Å². The van der Waals surface area contributed by atoms with Gasteiger partial charge in [0.05, 0.1) is 18.6 Å². The molecule has 0 heterocycles. The van der Waals surface area contributed by atoms with Crippen molar-refractivity contribution < 1.29 is 14.4 Å². The van der Waals surface area contributed by atoms with Gasteiger partial charge in [-0.25, -0.2) is 0 Å². The van der Waals surface area contributed by atoms with E-state index >= 15 is 0 Å². The Bertz CT molecular complexity index is 440. The van der Waals surface area contributed by atoms with Crippen molar-refractivity contribution in [2.45, 2.75) is 0 Å². The SMILES string of the molecule is COCCN(C)CCNc1cc(OC)ccc1[N+](=O)[O-]. The molecule has 1 rings (SSSR count). The van der Waals surface area contributed by atoms with Crippen LogP contribution in [0.4, 0.5) is 11.4 Å². The summed E-state index contributed by atoms with van der Waals surface area (Å²) in [7, 11) is 5.16. The molecular weight excluding hydrogens is 262 g/mol. The number of likely N-dealkylation sites (N-methyl/N-ethyl adjacent to an activating group) is 1. The van der Waals surface area contributed by atoms with Crippen LogP contribution in [0.3, 0.4) is 0 Å². The topological polar surface area (TPSA) is 76.9 Å². The van der Waals surface area contributed by atoms with Gasteiger partial charge in [-0.2, -0.15) is 0 Å². The van der Waals surface area contributed by atoms with Crippen LogP contribution in [0.2, 0.25) is 0 Å². The van der Waals surface area contributed by atoms with Crippen LogP contribution in [0.15, 0.2) is 18.2 Å². The second-order valence-corrected chi connectivity index (χ2v) is 4.36. The summed E-state index contributed by atoms with van der Waals surface area (Å²) in [6, 6.07) is 4.65. The molecule has 0 saturated carbocycles. The molecule has 0 fully saturated rings. The summed E-state index contributed by atoms with van der Waals surface area (Å²) in [5, 5.41) is 14.0. The van der Waals surface area contributed by atoms with E-state index in [-0.39, 0.29) is 5.69 Å². The number of anilines is 1. The lowest BCUT2D eigenvalue weighted by molar-refractivity contribution is -0.384. The van der Waals surface area contributed by atoms with E-state index in [2.05, 4.69) is 10.2 Å². The van der Waals surface area contributed by atoms with Gasteiger partial charge in [0, 0.05) is 38.9 Å². The van der Waals surface area contributed by atoms with Crippen LogP contribution in [0.5, 0.6) is 5.75 Å². The van der Waals surface area contributed by atoms with Crippen LogP contribution < -0.4 is 10.1 Å². The first-order valence-electron chi connectivity index (χ1n) is 6.32. The average molecular weight is 283 g/mol. The number of hydrogen-bond donors (Lipinski definition) is 1. The van der Waals surface area contributed by atoms with Crippen molar-refractivity contribution in [2.75, 3.05) is 52.8 Å². The molecule has 0 saturated heterocycles. The first kappa shape index (κ1) is 16.2. The van der Waals surface area contributed by atoms with Gasteiger partial charge in [-0.1, -0.05) is 0 Å². The molecule has 0 aliphatic heterocycles. The molecule has 0 radical (unpaired) electrons. The number of nitro benzene ring substituents is 1. The van der Waals surface area contributed by atoms with Gasteiger partial charge >= 0.3 is 0 Å². The molecule has 0 amide bonds. The fourth-order valence-corrected chi connectivity index (χ4v) is 1.68. The molecule has 0 aliphatic carbocycles. The molecule has 0 atom stereocenters. The lowest BCUT2D eigenvalue weighted by Gasteiger charge is -2.16. The van der Waals surface area contributed by atoms with Crippen molar-refractivity contribution in [3.05, 3.63) is 28.3 Å². The zero-order valence-corrected chi connectivity index (χ0v) is 12.1. The number of benzene rings is 1. The maximum atomic E-state index is 11.0. The van der Waals surface area contributed by atoms with Crippen LogP contribution >= 0.6 is 0 Å². The second kappa shape index (κ2) is 8.34. The van der Waals surface area contributed by atoms with Gasteiger partial charge in [0.2, 0.25) is 0 Å². The quantitative estimate of drug-likeness (QED) is 0.548. The minimum atomic E-state index is -0.406. The highest BCUT2D eigenvalue weighted by atomic mass is 16.6. The molecule has 7 nitrogen and oxygen atoms in total. The maximum Gasteiger partial charge on any atom is 0.292 e. The summed E-state index contributed by atoms with van der Waals surface area (Å²) in [6.07, 6.45) is 0. The highest BCUT2D eigenvalue weighted by molar-refractivity contribution is 5.64. The Morgan fingerprint density at radius 3 is 2.70 bits per heavy atom. The Labute approximate surface area is 118 Å². The molecule has 0 unspecified atom stereocenters. The van der Waals surface area contributed by atoms with Crippen LogP contribution in [0.25, 0.3) is 0 Å². The third-order valence-electron chi connectivity index (χ3n) is 2.89. The van der Waals surface area contributed by atoms with Crippen molar-refractivity contribution in [1.29, 1.82) is 0 Å². The van der Waals surface area contributed by atoms with E-state index in [1.165, 1.54) is 13.2 Å². The molecule has 112 valence electrons. The molecule has 0 bridgehead atoms. The molecule has 1 aromatic carbocycles. The number of nitro groups is 1. The van der Waals surface area contributed by atoms with Crippen molar-refractivity contribution >= 4 is 11.4 Å². The van der Waals surface area contributed by atoms with E-state index < -0.39 is 4.92 Å². The molecular formula is C13H21N3O4. The third-order valence-corrected chi connectivity index (χ3v) is 2.89. The van der Waals surface area contributed by atoms with Gasteiger partial charge in [0.1, 0.15) is 11.4 Å². The average Bonchev–Trinajstić information content (AvgIpc) is 2.44. The summed E-state index contributed by atoms with van der Waals surface area (Å²) in [6.45, 7) is 2.85. The standard InChI is InChI=1S/C13H21N3O4/c1-15(8-9-19-2)7-6-14-12-10-11(20-3)4-5-13(12)16(17)18/h4-5,10,14H,6-9H2,1-3H3. The fraction of sp³-hybridized carbons (Fsp3) is 0.538. The number of hydrogen-bond acceptors (Lipinski definition) is 6. The van der Waals surface area contributed by atoms with Crippen molar-refractivity contribution in [3.63, 3.8) is 0 Å². The van der Waals surface area contributed by atoms with Crippen molar-refractivity contribution in [3.8, 4) is 5.75 Å². The van der Waals surface area contributed by atoms with Crippen molar-refractivity contribution in [2.24, 2.45) is 0 Å². The molecule has 7 heteroatoms. The minimum Gasteiger partial charge on any atom is -0.497 e. The van der Waals surface area contributed by atoms with Gasteiger partial charge in [0.15, 0.2) is 0 Å². The van der Waals surface area contributed by atoms with Gasteiger partial charge in [0.25, 0.3) is 5.69 Å². The van der Waals surface area contributed by atoms with Gasteiger partial charge in [-0.05, 0) is 13.1 Å². The van der Waals surface area contributed by atoms with Crippen LogP contribution in [-0.2, 0) is 4.74 Å². The molecule has 20 heavy (non-hydrogen) atoms.